The van der Waals surface area contributed by atoms with Gasteiger partial charge in [0.1, 0.15) is 17.4 Å². The quantitative estimate of drug-likeness (QED) is 0.920. The van der Waals surface area contributed by atoms with Crippen LogP contribution in [-0.2, 0) is 4.79 Å². The molecule has 19 heavy (non-hydrogen) atoms. The molecular formula is C14H11F2NO2. The molecule has 0 saturated carbocycles. The van der Waals surface area contributed by atoms with Crippen molar-refractivity contribution in [2.45, 2.75) is 0 Å². The van der Waals surface area contributed by atoms with Crippen molar-refractivity contribution in [3.05, 3.63) is 60.2 Å². The Hall–Kier alpha value is -2.43. The van der Waals surface area contributed by atoms with E-state index in [1.807, 2.05) is 6.07 Å². The minimum Gasteiger partial charge on any atom is -0.484 e. The van der Waals surface area contributed by atoms with Gasteiger partial charge in [-0.2, -0.15) is 0 Å². The number of rotatable bonds is 4. The van der Waals surface area contributed by atoms with E-state index in [2.05, 4.69) is 5.32 Å². The predicted molar refractivity (Wildman–Crippen MR) is 66.9 cm³/mol. The van der Waals surface area contributed by atoms with Crippen molar-refractivity contribution in [3.63, 3.8) is 0 Å². The summed E-state index contributed by atoms with van der Waals surface area (Å²) in [5.41, 5.74) is -0.207. The number of amides is 1. The minimum absolute atomic E-state index is 0.207. The van der Waals surface area contributed by atoms with E-state index < -0.39 is 17.5 Å². The van der Waals surface area contributed by atoms with Crippen molar-refractivity contribution in [1.82, 2.24) is 0 Å². The summed E-state index contributed by atoms with van der Waals surface area (Å²) in [7, 11) is 0. The number of carbonyl (C=O) groups is 1. The van der Waals surface area contributed by atoms with E-state index in [1.54, 1.807) is 24.3 Å². The molecule has 0 aliphatic rings. The summed E-state index contributed by atoms with van der Waals surface area (Å²) in [4.78, 5) is 11.5. The summed E-state index contributed by atoms with van der Waals surface area (Å²) in [5, 5.41) is 2.24. The van der Waals surface area contributed by atoms with Crippen LogP contribution in [0.5, 0.6) is 5.75 Å². The van der Waals surface area contributed by atoms with Gasteiger partial charge in [0.25, 0.3) is 5.91 Å². The highest BCUT2D eigenvalue weighted by atomic mass is 19.1. The molecule has 0 aliphatic carbocycles. The van der Waals surface area contributed by atoms with Gasteiger partial charge in [-0.1, -0.05) is 18.2 Å². The molecule has 98 valence electrons. The van der Waals surface area contributed by atoms with E-state index in [0.29, 0.717) is 5.75 Å². The lowest BCUT2D eigenvalue weighted by Gasteiger charge is -2.08. The summed E-state index contributed by atoms with van der Waals surface area (Å²) < 4.78 is 31.4. The van der Waals surface area contributed by atoms with Gasteiger partial charge in [-0.15, -0.1) is 0 Å². The van der Waals surface area contributed by atoms with Crippen LogP contribution in [0.1, 0.15) is 0 Å². The Morgan fingerprint density at radius 1 is 1.11 bits per heavy atom. The lowest BCUT2D eigenvalue weighted by molar-refractivity contribution is -0.118. The Kier molecular flexibility index (Phi) is 4.07. The zero-order chi connectivity index (χ0) is 13.7. The minimum atomic E-state index is -0.700. The monoisotopic (exact) mass is 263 g/mol. The van der Waals surface area contributed by atoms with Crippen LogP contribution in [0.2, 0.25) is 0 Å². The molecule has 0 saturated heterocycles. The maximum atomic E-state index is 13.3. The first-order valence-corrected chi connectivity index (χ1v) is 5.58. The SMILES string of the molecule is O=C(COc1ccccc1)Nc1cc(F)ccc1F. The average molecular weight is 263 g/mol. The van der Waals surface area contributed by atoms with Crippen LogP contribution in [-0.4, -0.2) is 12.5 Å². The molecule has 2 aromatic rings. The molecule has 0 spiro atoms. The van der Waals surface area contributed by atoms with Crippen LogP contribution in [0.4, 0.5) is 14.5 Å². The standard InChI is InChI=1S/C14H11F2NO2/c15-10-6-7-12(16)13(8-10)17-14(18)9-19-11-4-2-1-3-5-11/h1-8H,9H2,(H,17,18). The third-order valence-electron chi connectivity index (χ3n) is 2.32. The third-order valence-corrected chi connectivity index (χ3v) is 2.32. The number of nitrogens with one attached hydrogen (secondary N) is 1. The number of hydrogen-bond acceptors (Lipinski definition) is 2. The fourth-order valence-electron chi connectivity index (χ4n) is 1.45. The van der Waals surface area contributed by atoms with E-state index in [4.69, 9.17) is 4.74 Å². The second-order valence-electron chi connectivity index (χ2n) is 3.77. The molecule has 0 aliphatic heterocycles. The Morgan fingerprint density at radius 2 is 1.84 bits per heavy atom. The maximum absolute atomic E-state index is 13.3. The summed E-state index contributed by atoms with van der Waals surface area (Å²) >= 11 is 0. The molecule has 0 atom stereocenters. The van der Waals surface area contributed by atoms with Gasteiger partial charge in [0.2, 0.25) is 0 Å². The van der Waals surface area contributed by atoms with Gasteiger partial charge >= 0.3 is 0 Å². The molecule has 3 nitrogen and oxygen atoms in total. The average Bonchev–Trinajstić information content (AvgIpc) is 2.42. The molecule has 2 aromatic carbocycles. The summed E-state index contributed by atoms with van der Waals surface area (Å²) in [6.45, 7) is -0.278. The Bertz CT molecular complexity index is 573. The number of halogens is 2. The van der Waals surface area contributed by atoms with Crippen molar-refractivity contribution >= 4 is 11.6 Å². The zero-order valence-corrected chi connectivity index (χ0v) is 9.90. The highest BCUT2D eigenvalue weighted by Gasteiger charge is 2.08. The maximum Gasteiger partial charge on any atom is 0.262 e. The first kappa shape index (κ1) is 13.0. The summed E-state index contributed by atoms with van der Waals surface area (Å²) in [6, 6.07) is 11.6. The summed E-state index contributed by atoms with van der Waals surface area (Å²) in [6.07, 6.45) is 0. The third kappa shape index (κ3) is 3.77. The van der Waals surface area contributed by atoms with Crippen molar-refractivity contribution in [1.29, 1.82) is 0 Å². The predicted octanol–water partition coefficient (Wildman–Crippen LogP) is 2.98. The fraction of sp³-hybridized carbons (Fsp3) is 0.0714. The molecule has 0 fully saturated rings. The first-order valence-electron chi connectivity index (χ1n) is 5.58. The van der Waals surface area contributed by atoms with Crippen LogP contribution in [0.3, 0.4) is 0 Å². The van der Waals surface area contributed by atoms with Crippen LogP contribution in [0.25, 0.3) is 0 Å². The van der Waals surface area contributed by atoms with Crippen molar-refractivity contribution in [3.8, 4) is 5.75 Å². The Balaban J connectivity index is 1.93. The van der Waals surface area contributed by atoms with E-state index in [1.165, 1.54) is 0 Å². The van der Waals surface area contributed by atoms with Crippen LogP contribution in [0, 0.1) is 11.6 Å². The Labute approximate surface area is 108 Å². The molecule has 1 N–H and O–H groups in total. The molecule has 1 amide bonds. The number of para-hydroxylation sites is 1. The second-order valence-corrected chi connectivity index (χ2v) is 3.77. The first-order chi connectivity index (χ1) is 9.15. The molecule has 0 aromatic heterocycles. The smallest absolute Gasteiger partial charge is 0.262 e. The molecule has 0 bridgehead atoms. The number of carbonyl (C=O) groups excluding carboxylic acids is 1. The number of ether oxygens (including phenoxy) is 1. The van der Waals surface area contributed by atoms with Gasteiger partial charge in [-0.05, 0) is 24.3 Å². The normalized spacial score (nSPS) is 10.0. The fourth-order valence-corrected chi connectivity index (χ4v) is 1.45. The zero-order valence-electron chi connectivity index (χ0n) is 9.90. The number of benzene rings is 2. The molecule has 0 radical (unpaired) electrons. The van der Waals surface area contributed by atoms with Crippen molar-refractivity contribution < 1.29 is 18.3 Å². The molecular weight excluding hydrogens is 252 g/mol. The number of anilines is 1. The lowest BCUT2D eigenvalue weighted by Crippen LogP contribution is -2.20. The van der Waals surface area contributed by atoms with Crippen LogP contribution >= 0.6 is 0 Å². The summed E-state index contributed by atoms with van der Waals surface area (Å²) in [5.74, 6) is -1.36. The highest BCUT2D eigenvalue weighted by Crippen LogP contribution is 2.15. The van der Waals surface area contributed by atoms with E-state index in [0.717, 1.165) is 18.2 Å². The van der Waals surface area contributed by atoms with Crippen molar-refractivity contribution in [2.75, 3.05) is 11.9 Å². The molecule has 2 rings (SSSR count). The van der Waals surface area contributed by atoms with Gasteiger partial charge in [0.05, 0.1) is 5.69 Å². The van der Waals surface area contributed by atoms with Crippen LogP contribution < -0.4 is 10.1 Å². The van der Waals surface area contributed by atoms with Crippen molar-refractivity contribution in [2.24, 2.45) is 0 Å². The molecule has 0 unspecified atom stereocenters. The number of hydrogen-bond donors (Lipinski definition) is 1. The van der Waals surface area contributed by atoms with Gasteiger partial charge in [0, 0.05) is 6.07 Å². The molecule has 0 heterocycles. The Morgan fingerprint density at radius 3 is 2.58 bits per heavy atom. The largest absolute Gasteiger partial charge is 0.484 e. The van der Waals surface area contributed by atoms with E-state index >= 15 is 0 Å². The van der Waals surface area contributed by atoms with E-state index in [-0.39, 0.29) is 12.3 Å². The van der Waals surface area contributed by atoms with E-state index in [9.17, 15) is 13.6 Å². The van der Waals surface area contributed by atoms with Crippen LogP contribution in [0.15, 0.2) is 48.5 Å². The van der Waals surface area contributed by atoms with Gasteiger partial charge < -0.3 is 10.1 Å². The molecule has 5 heteroatoms. The lowest BCUT2D eigenvalue weighted by atomic mass is 10.3. The topological polar surface area (TPSA) is 38.3 Å². The van der Waals surface area contributed by atoms with Gasteiger partial charge in [0.15, 0.2) is 6.61 Å². The van der Waals surface area contributed by atoms with Gasteiger partial charge in [-0.3, -0.25) is 4.79 Å². The van der Waals surface area contributed by atoms with Gasteiger partial charge in [-0.25, -0.2) is 8.78 Å². The highest BCUT2D eigenvalue weighted by molar-refractivity contribution is 5.91. The second kappa shape index (κ2) is 5.95.